The van der Waals surface area contributed by atoms with Crippen LogP contribution in [0.4, 0.5) is 0 Å². The van der Waals surface area contributed by atoms with Crippen molar-refractivity contribution in [3.8, 4) is 0 Å². The molecule has 0 saturated heterocycles. The average Bonchev–Trinajstić information content (AvgIpc) is 2.42. The van der Waals surface area contributed by atoms with Gasteiger partial charge in [0.2, 0.25) is 0 Å². The Kier molecular flexibility index (Phi) is 7.10. The molecule has 3 heteroatoms. The number of unbranched alkanes of at least 4 members (excludes halogenated alkanes) is 1. The standard InChI is InChI=1S/C21H36O2S/c1-8-10-11-17-12-13-18(21(6,7)16-20(3,4)5)15-19(17)24(22,23)14-9-2/h12-13,15H,8-11,14,16H2,1-7H3. The molecule has 0 aromatic heterocycles. The number of rotatable bonds is 8. The zero-order valence-electron chi connectivity index (χ0n) is 16.7. The lowest BCUT2D eigenvalue weighted by molar-refractivity contribution is 0.284. The largest absolute Gasteiger partial charge is 0.224 e. The lowest BCUT2D eigenvalue weighted by atomic mass is 9.72. The lowest BCUT2D eigenvalue weighted by Crippen LogP contribution is -2.25. The monoisotopic (exact) mass is 352 g/mol. The van der Waals surface area contributed by atoms with Gasteiger partial charge in [-0.1, -0.05) is 67.0 Å². The summed E-state index contributed by atoms with van der Waals surface area (Å²) in [5, 5.41) is 0. The highest BCUT2D eigenvalue weighted by atomic mass is 32.2. The van der Waals surface area contributed by atoms with Crippen molar-refractivity contribution < 1.29 is 8.42 Å². The summed E-state index contributed by atoms with van der Waals surface area (Å²) in [6.07, 6.45) is 4.62. The van der Waals surface area contributed by atoms with Gasteiger partial charge >= 0.3 is 0 Å². The van der Waals surface area contributed by atoms with E-state index in [4.69, 9.17) is 0 Å². The maximum atomic E-state index is 12.8. The van der Waals surface area contributed by atoms with E-state index in [9.17, 15) is 8.42 Å². The third kappa shape index (κ3) is 5.91. The topological polar surface area (TPSA) is 34.1 Å². The van der Waals surface area contributed by atoms with Crippen LogP contribution in [-0.4, -0.2) is 14.2 Å². The summed E-state index contributed by atoms with van der Waals surface area (Å²) in [6.45, 7) is 15.2. The van der Waals surface area contributed by atoms with Gasteiger partial charge in [-0.3, -0.25) is 0 Å². The Labute approximate surface area is 150 Å². The zero-order valence-corrected chi connectivity index (χ0v) is 17.5. The van der Waals surface area contributed by atoms with Crippen LogP contribution in [0.1, 0.15) is 85.3 Å². The van der Waals surface area contributed by atoms with E-state index < -0.39 is 9.84 Å². The predicted molar refractivity (Wildman–Crippen MR) is 104 cm³/mol. The molecule has 0 aliphatic carbocycles. The van der Waals surface area contributed by atoms with Crippen LogP contribution in [-0.2, 0) is 21.7 Å². The third-order valence-corrected chi connectivity index (χ3v) is 6.42. The summed E-state index contributed by atoms with van der Waals surface area (Å²) in [5.74, 6) is 0.231. The summed E-state index contributed by atoms with van der Waals surface area (Å²) in [4.78, 5) is 0.567. The first-order valence-corrected chi connectivity index (χ1v) is 10.9. The molecule has 0 amide bonds. The Morgan fingerprint density at radius 3 is 2.08 bits per heavy atom. The van der Waals surface area contributed by atoms with Gasteiger partial charge in [0.25, 0.3) is 0 Å². The minimum absolute atomic E-state index is 0.0436. The molecule has 0 heterocycles. The highest BCUT2D eigenvalue weighted by Crippen LogP contribution is 2.37. The Balaban J connectivity index is 3.37. The van der Waals surface area contributed by atoms with E-state index in [1.54, 1.807) is 0 Å². The van der Waals surface area contributed by atoms with Crippen LogP contribution in [0.15, 0.2) is 23.1 Å². The highest BCUT2D eigenvalue weighted by molar-refractivity contribution is 7.91. The number of hydrogen-bond donors (Lipinski definition) is 0. The molecular formula is C21H36O2S. The number of benzene rings is 1. The van der Waals surface area contributed by atoms with Crippen molar-refractivity contribution in [1.82, 2.24) is 0 Å². The molecule has 1 aromatic rings. The van der Waals surface area contributed by atoms with E-state index in [1.807, 2.05) is 13.0 Å². The van der Waals surface area contributed by atoms with Crippen molar-refractivity contribution in [2.24, 2.45) is 5.41 Å². The number of sulfone groups is 1. The first-order chi connectivity index (χ1) is 10.9. The molecule has 1 aromatic carbocycles. The highest BCUT2D eigenvalue weighted by Gasteiger charge is 2.29. The molecule has 0 unspecified atom stereocenters. The van der Waals surface area contributed by atoms with Gasteiger partial charge in [-0.05, 0) is 53.7 Å². The minimum Gasteiger partial charge on any atom is -0.224 e. The molecule has 0 bridgehead atoms. The first kappa shape index (κ1) is 21.2. The average molecular weight is 353 g/mol. The third-order valence-electron chi connectivity index (χ3n) is 4.43. The molecule has 24 heavy (non-hydrogen) atoms. The molecular weight excluding hydrogens is 316 g/mol. The van der Waals surface area contributed by atoms with Crippen molar-refractivity contribution in [3.63, 3.8) is 0 Å². The summed E-state index contributed by atoms with van der Waals surface area (Å²) in [5.41, 5.74) is 2.28. The van der Waals surface area contributed by atoms with Gasteiger partial charge in [0, 0.05) is 0 Å². The first-order valence-electron chi connectivity index (χ1n) is 9.29. The minimum atomic E-state index is -3.20. The van der Waals surface area contributed by atoms with Gasteiger partial charge in [0.05, 0.1) is 10.6 Å². The fourth-order valence-electron chi connectivity index (χ4n) is 3.65. The van der Waals surface area contributed by atoms with Crippen LogP contribution >= 0.6 is 0 Å². The molecule has 2 nitrogen and oxygen atoms in total. The zero-order chi connectivity index (χ0) is 18.6. The number of hydrogen-bond acceptors (Lipinski definition) is 2. The molecule has 138 valence electrons. The van der Waals surface area contributed by atoms with Gasteiger partial charge in [0.15, 0.2) is 9.84 Å². The smallest absolute Gasteiger partial charge is 0.178 e. The summed E-state index contributed by atoms with van der Waals surface area (Å²) in [7, 11) is -3.20. The molecule has 0 spiro atoms. The van der Waals surface area contributed by atoms with Crippen molar-refractivity contribution in [3.05, 3.63) is 29.3 Å². The van der Waals surface area contributed by atoms with Crippen LogP contribution in [0.3, 0.4) is 0 Å². The molecule has 1 rings (SSSR count). The van der Waals surface area contributed by atoms with E-state index in [2.05, 4.69) is 53.7 Å². The fraction of sp³-hybridized carbons (Fsp3) is 0.714. The van der Waals surface area contributed by atoms with Crippen molar-refractivity contribution >= 4 is 9.84 Å². The Bertz CT molecular complexity index is 634. The van der Waals surface area contributed by atoms with Gasteiger partial charge in [-0.25, -0.2) is 8.42 Å². The van der Waals surface area contributed by atoms with Gasteiger partial charge in [-0.15, -0.1) is 0 Å². The van der Waals surface area contributed by atoms with Gasteiger partial charge in [0.1, 0.15) is 0 Å². The summed E-state index contributed by atoms with van der Waals surface area (Å²) < 4.78 is 25.6. The molecule has 0 N–H and O–H groups in total. The van der Waals surface area contributed by atoms with Gasteiger partial charge < -0.3 is 0 Å². The van der Waals surface area contributed by atoms with E-state index in [1.165, 1.54) is 0 Å². The Morgan fingerprint density at radius 1 is 0.958 bits per heavy atom. The number of aryl methyl sites for hydroxylation is 1. The maximum Gasteiger partial charge on any atom is 0.178 e. The fourth-order valence-corrected chi connectivity index (χ4v) is 5.28. The van der Waals surface area contributed by atoms with Gasteiger partial charge in [-0.2, -0.15) is 0 Å². The normalized spacial score (nSPS) is 13.3. The molecule has 0 atom stereocenters. The van der Waals surface area contributed by atoms with E-state index in [0.29, 0.717) is 11.3 Å². The van der Waals surface area contributed by atoms with Crippen LogP contribution in [0.2, 0.25) is 0 Å². The lowest BCUT2D eigenvalue weighted by Gasteiger charge is -2.33. The second-order valence-corrected chi connectivity index (χ2v) is 10.9. The van der Waals surface area contributed by atoms with Crippen LogP contribution in [0, 0.1) is 5.41 Å². The summed E-state index contributed by atoms with van der Waals surface area (Å²) in [6, 6.07) is 6.15. The van der Waals surface area contributed by atoms with Crippen LogP contribution in [0.25, 0.3) is 0 Å². The Hall–Kier alpha value is -0.830. The second kappa shape index (κ2) is 8.03. The predicted octanol–water partition coefficient (Wildman–Crippen LogP) is 5.93. The SMILES string of the molecule is CCCCc1ccc(C(C)(C)CC(C)(C)C)cc1S(=O)(=O)CCC. The van der Waals surface area contributed by atoms with Crippen molar-refractivity contribution in [1.29, 1.82) is 0 Å². The van der Waals surface area contributed by atoms with E-state index >= 15 is 0 Å². The van der Waals surface area contributed by atoms with Crippen LogP contribution < -0.4 is 0 Å². The molecule has 0 aliphatic heterocycles. The van der Waals surface area contributed by atoms with Crippen molar-refractivity contribution in [2.75, 3.05) is 5.75 Å². The molecule has 0 saturated carbocycles. The van der Waals surface area contributed by atoms with Crippen LogP contribution in [0.5, 0.6) is 0 Å². The van der Waals surface area contributed by atoms with Crippen molar-refractivity contribution in [2.45, 2.75) is 90.9 Å². The molecule has 0 radical (unpaired) electrons. The summed E-state index contributed by atoms with van der Waals surface area (Å²) >= 11 is 0. The van der Waals surface area contributed by atoms with E-state index in [0.717, 1.165) is 36.8 Å². The Morgan fingerprint density at radius 2 is 1.58 bits per heavy atom. The molecule has 0 fully saturated rings. The maximum absolute atomic E-state index is 12.8. The second-order valence-electron chi connectivity index (χ2n) is 8.87. The molecule has 0 aliphatic rings. The van der Waals surface area contributed by atoms with E-state index in [-0.39, 0.29) is 16.6 Å². The quantitative estimate of drug-likeness (QED) is 0.581.